The molecule has 0 fully saturated rings. The molecule has 0 heterocycles. The molecule has 0 aliphatic heterocycles. The van der Waals surface area contributed by atoms with Crippen LogP contribution in [0.15, 0.2) is 72.8 Å². The molecule has 0 aromatic heterocycles. The molecule has 0 spiro atoms. The number of aryl methyl sites for hydroxylation is 1. The number of nitrogens with one attached hydrogen (secondary N) is 1. The van der Waals surface area contributed by atoms with Crippen LogP contribution in [0.3, 0.4) is 0 Å². The fourth-order valence-electron chi connectivity index (χ4n) is 3.56. The van der Waals surface area contributed by atoms with Gasteiger partial charge in [-0.1, -0.05) is 47.5 Å². The van der Waals surface area contributed by atoms with E-state index in [-0.39, 0.29) is 5.91 Å². The Balaban J connectivity index is 1.87. The minimum atomic E-state index is -0.215. The van der Waals surface area contributed by atoms with Gasteiger partial charge in [-0.25, -0.2) is 0 Å². The van der Waals surface area contributed by atoms with Gasteiger partial charge in [0.15, 0.2) is 11.5 Å². The summed E-state index contributed by atoms with van der Waals surface area (Å²) in [6.07, 6.45) is 0. The lowest BCUT2D eigenvalue weighted by molar-refractivity contribution is 0.102. The molecule has 4 aromatic rings. The van der Waals surface area contributed by atoms with Crippen molar-refractivity contribution in [2.75, 3.05) is 19.5 Å². The predicted octanol–water partition coefficient (Wildman–Crippen LogP) is 6.74. The van der Waals surface area contributed by atoms with Gasteiger partial charge in [0.05, 0.1) is 14.2 Å². The molecule has 156 valence electrons. The van der Waals surface area contributed by atoms with Gasteiger partial charge in [-0.3, -0.25) is 4.79 Å². The van der Waals surface area contributed by atoms with Crippen molar-refractivity contribution in [1.29, 1.82) is 0 Å². The molecule has 5 heteroatoms. The standard InChI is InChI=1S/C26H22ClNO3/c1-16-7-9-17(10-8-16)22-12-19(26(29)28-21-6-4-5-20(27)14-21)11-18-13-24(30-2)25(31-3)15-23(18)22/h4-15H,1-3H3,(H,28,29). The fourth-order valence-corrected chi connectivity index (χ4v) is 3.75. The average Bonchev–Trinajstić information content (AvgIpc) is 2.78. The molecule has 31 heavy (non-hydrogen) atoms. The minimum Gasteiger partial charge on any atom is -0.493 e. The zero-order chi connectivity index (χ0) is 22.0. The van der Waals surface area contributed by atoms with Crippen LogP contribution in [0, 0.1) is 6.92 Å². The highest BCUT2D eigenvalue weighted by Crippen LogP contribution is 2.38. The van der Waals surface area contributed by atoms with Crippen LogP contribution < -0.4 is 14.8 Å². The van der Waals surface area contributed by atoms with Crippen LogP contribution in [0.1, 0.15) is 15.9 Å². The van der Waals surface area contributed by atoms with Crippen molar-refractivity contribution in [2.24, 2.45) is 0 Å². The van der Waals surface area contributed by atoms with Gasteiger partial charge in [0, 0.05) is 16.3 Å². The largest absolute Gasteiger partial charge is 0.493 e. The first kappa shape index (κ1) is 20.8. The van der Waals surface area contributed by atoms with E-state index in [1.807, 2.05) is 31.2 Å². The topological polar surface area (TPSA) is 47.6 Å². The summed E-state index contributed by atoms with van der Waals surface area (Å²) in [6, 6.07) is 22.9. The molecule has 1 amide bonds. The quantitative estimate of drug-likeness (QED) is 0.380. The number of carbonyl (C=O) groups excluding carboxylic acids is 1. The summed E-state index contributed by atoms with van der Waals surface area (Å²) in [5.74, 6) is 1.03. The SMILES string of the molecule is COc1cc2cc(C(=O)Nc3cccc(Cl)c3)cc(-c3ccc(C)cc3)c2cc1OC. The van der Waals surface area contributed by atoms with Crippen LogP contribution >= 0.6 is 11.6 Å². The lowest BCUT2D eigenvalue weighted by Crippen LogP contribution is -2.12. The van der Waals surface area contributed by atoms with Gasteiger partial charge in [0.1, 0.15) is 0 Å². The van der Waals surface area contributed by atoms with Gasteiger partial charge in [0.25, 0.3) is 5.91 Å². The average molecular weight is 432 g/mol. The predicted molar refractivity (Wildman–Crippen MR) is 127 cm³/mol. The summed E-state index contributed by atoms with van der Waals surface area (Å²) in [4.78, 5) is 13.1. The molecule has 4 nitrogen and oxygen atoms in total. The van der Waals surface area contributed by atoms with Crippen molar-refractivity contribution >= 4 is 34.0 Å². The van der Waals surface area contributed by atoms with Crippen molar-refractivity contribution in [3.8, 4) is 22.6 Å². The van der Waals surface area contributed by atoms with Crippen molar-refractivity contribution < 1.29 is 14.3 Å². The Labute approximate surface area is 186 Å². The van der Waals surface area contributed by atoms with E-state index in [1.165, 1.54) is 5.56 Å². The zero-order valence-electron chi connectivity index (χ0n) is 17.5. The molecule has 1 N–H and O–H groups in total. The van der Waals surface area contributed by atoms with E-state index in [2.05, 4.69) is 29.6 Å². The van der Waals surface area contributed by atoms with Gasteiger partial charge < -0.3 is 14.8 Å². The van der Waals surface area contributed by atoms with E-state index in [0.717, 1.165) is 21.9 Å². The Morgan fingerprint density at radius 3 is 2.26 bits per heavy atom. The highest BCUT2D eigenvalue weighted by Gasteiger charge is 2.15. The lowest BCUT2D eigenvalue weighted by atomic mass is 9.94. The monoisotopic (exact) mass is 431 g/mol. The highest BCUT2D eigenvalue weighted by molar-refractivity contribution is 6.31. The Morgan fingerprint density at radius 1 is 0.871 bits per heavy atom. The first-order valence-corrected chi connectivity index (χ1v) is 10.2. The van der Waals surface area contributed by atoms with E-state index in [1.54, 1.807) is 38.5 Å². The van der Waals surface area contributed by atoms with Crippen molar-refractivity contribution in [3.05, 3.63) is 88.9 Å². The summed E-state index contributed by atoms with van der Waals surface area (Å²) >= 11 is 6.06. The number of rotatable bonds is 5. The molecule has 0 saturated heterocycles. The summed E-state index contributed by atoms with van der Waals surface area (Å²) in [6.45, 7) is 2.05. The maximum atomic E-state index is 13.1. The highest BCUT2D eigenvalue weighted by atomic mass is 35.5. The van der Waals surface area contributed by atoms with Crippen LogP contribution in [0.5, 0.6) is 11.5 Å². The Kier molecular flexibility index (Phi) is 5.83. The molecule has 0 bridgehead atoms. The number of ether oxygens (including phenoxy) is 2. The first-order valence-electron chi connectivity index (χ1n) is 9.82. The molecule has 0 aliphatic rings. The Morgan fingerprint density at radius 2 is 1.58 bits per heavy atom. The zero-order valence-corrected chi connectivity index (χ0v) is 18.3. The van der Waals surface area contributed by atoms with Gasteiger partial charge in [-0.15, -0.1) is 0 Å². The van der Waals surface area contributed by atoms with Crippen LogP contribution in [-0.4, -0.2) is 20.1 Å². The molecule has 0 unspecified atom stereocenters. The molecule has 0 radical (unpaired) electrons. The number of carbonyl (C=O) groups is 1. The second kappa shape index (κ2) is 8.70. The molecular weight excluding hydrogens is 410 g/mol. The third-order valence-electron chi connectivity index (χ3n) is 5.16. The molecule has 0 saturated carbocycles. The normalized spacial score (nSPS) is 10.7. The van der Waals surface area contributed by atoms with Crippen LogP contribution in [0.4, 0.5) is 5.69 Å². The summed E-state index contributed by atoms with van der Waals surface area (Å²) < 4.78 is 11.0. The second-order valence-electron chi connectivity index (χ2n) is 7.28. The van der Waals surface area contributed by atoms with E-state index in [4.69, 9.17) is 21.1 Å². The van der Waals surface area contributed by atoms with E-state index in [9.17, 15) is 4.79 Å². The van der Waals surface area contributed by atoms with Crippen molar-refractivity contribution in [3.63, 3.8) is 0 Å². The van der Waals surface area contributed by atoms with Crippen LogP contribution in [0.2, 0.25) is 5.02 Å². The lowest BCUT2D eigenvalue weighted by Gasteiger charge is -2.15. The number of benzene rings is 4. The van der Waals surface area contributed by atoms with Gasteiger partial charge in [0.2, 0.25) is 0 Å². The summed E-state index contributed by atoms with van der Waals surface area (Å²) in [7, 11) is 3.21. The number of methoxy groups -OCH3 is 2. The number of hydrogen-bond donors (Lipinski definition) is 1. The Hall–Kier alpha value is -3.50. The molecule has 0 atom stereocenters. The third kappa shape index (κ3) is 4.35. The van der Waals surface area contributed by atoms with E-state index in [0.29, 0.717) is 27.8 Å². The Bertz CT molecular complexity index is 1270. The number of fused-ring (bicyclic) bond motifs is 1. The minimum absolute atomic E-state index is 0.215. The van der Waals surface area contributed by atoms with E-state index >= 15 is 0 Å². The van der Waals surface area contributed by atoms with Gasteiger partial charge >= 0.3 is 0 Å². The summed E-state index contributed by atoms with van der Waals surface area (Å²) in [5, 5.41) is 5.34. The maximum Gasteiger partial charge on any atom is 0.255 e. The number of amides is 1. The van der Waals surface area contributed by atoms with Crippen molar-refractivity contribution in [1.82, 2.24) is 0 Å². The third-order valence-corrected chi connectivity index (χ3v) is 5.40. The van der Waals surface area contributed by atoms with Crippen LogP contribution in [-0.2, 0) is 0 Å². The smallest absolute Gasteiger partial charge is 0.255 e. The molecule has 4 aromatic carbocycles. The molecular formula is C26H22ClNO3. The van der Waals surface area contributed by atoms with Crippen molar-refractivity contribution in [2.45, 2.75) is 6.92 Å². The van der Waals surface area contributed by atoms with Crippen LogP contribution in [0.25, 0.3) is 21.9 Å². The number of anilines is 1. The molecule has 0 aliphatic carbocycles. The summed E-state index contributed by atoms with van der Waals surface area (Å²) in [5.41, 5.74) is 4.30. The fraction of sp³-hybridized carbons (Fsp3) is 0.115. The maximum absolute atomic E-state index is 13.1. The first-order chi connectivity index (χ1) is 15.0. The van der Waals surface area contributed by atoms with Gasteiger partial charge in [-0.05, 0) is 71.3 Å². The second-order valence-corrected chi connectivity index (χ2v) is 7.72. The number of hydrogen-bond acceptors (Lipinski definition) is 3. The molecule has 4 rings (SSSR count). The van der Waals surface area contributed by atoms with E-state index < -0.39 is 0 Å². The van der Waals surface area contributed by atoms with Gasteiger partial charge in [-0.2, -0.15) is 0 Å². The number of halogens is 1.